The Kier molecular flexibility index (Phi) is 9.82. The number of benzene rings is 3. The Bertz CT molecular complexity index is 2250. The predicted molar refractivity (Wildman–Crippen MR) is 199 cm³/mol. The Morgan fingerprint density at radius 2 is 1.85 bits per heavy atom. The molecule has 3 aromatic heterocycles. The number of nitrogens with zero attached hydrogens (tertiary/aromatic N) is 5. The average molecular weight is 723 g/mol. The number of carbonyl (C=O) groups is 1. The third kappa shape index (κ3) is 7.02. The standard InChI is InChI=1S/C41H44F2N6O2S/c1-6-51-36(50)15-12-26-10-9-11-27(20-26)41(4)18-8-7-17-40(2,3)28-23-45-49(24-28)25-32-30-16-19-44-35(30)22-34(43)37(32)52-29-13-14-33(42)31(21-29)38-46-39(41)47-48(38)5/h9-11,13-14,16,19-24,44H,6-8,12,15,17-18,25H2,1-5H3. The molecule has 3 aromatic carbocycles. The van der Waals surface area contributed by atoms with Gasteiger partial charge in [0.05, 0.1) is 35.2 Å². The van der Waals surface area contributed by atoms with Crippen molar-refractivity contribution in [3.63, 3.8) is 0 Å². The van der Waals surface area contributed by atoms with Gasteiger partial charge in [0.1, 0.15) is 11.6 Å². The number of aromatic nitrogens is 6. The lowest BCUT2D eigenvalue weighted by molar-refractivity contribution is -0.143. The monoisotopic (exact) mass is 722 g/mol. The molecule has 6 aromatic rings. The largest absolute Gasteiger partial charge is 0.466 e. The van der Waals surface area contributed by atoms with Gasteiger partial charge in [-0.2, -0.15) is 10.2 Å². The second kappa shape index (κ2) is 14.3. The summed E-state index contributed by atoms with van der Waals surface area (Å²) < 4.78 is 40.4. The van der Waals surface area contributed by atoms with Crippen molar-refractivity contribution in [1.82, 2.24) is 29.5 Å². The first-order valence-electron chi connectivity index (χ1n) is 17.9. The van der Waals surface area contributed by atoms with Crippen LogP contribution in [0.5, 0.6) is 0 Å². The maximum Gasteiger partial charge on any atom is 0.306 e. The molecule has 0 spiro atoms. The first kappa shape index (κ1) is 35.6. The van der Waals surface area contributed by atoms with Crippen LogP contribution in [-0.4, -0.2) is 42.1 Å². The van der Waals surface area contributed by atoms with E-state index in [0.717, 1.165) is 53.3 Å². The summed E-state index contributed by atoms with van der Waals surface area (Å²) >= 11 is 1.27. The highest BCUT2D eigenvalue weighted by molar-refractivity contribution is 7.99. The first-order valence-corrected chi connectivity index (χ1v) is 18.7. The van der Waals surface area contributed by atoms with Crippen LogP contribution in [0.4, 0.5) is 8.78 Å². The molecule has 1 N–H and O–H groups in total. The molecule has 8 nitrogen and oxygen atoms in total. The first-order chi connectivity index (χ1) is 24.9. The number of aryl methyl sites for hydroxylation is 2. The summed E-state index contributed by atoms with van der Waals surface area (Å²) in [6.07, 6.45) is 10.2. The molecule has 0 radical (unpaired) electrons. The van der Waals surface area contributed by atoms with E-state index in [1.165, 1.54) is 23.9 Å². The molecule has 0 amide bonds. The van der Waals surface area contributed by atoms with Gasteiger partial charge < -0.3 is 9.72 Å². The molecule has 52 heavy (non-hydrogen) atoms. The highest BCUT2D eigenvalue weighted by atomic mass is 32.2. The van der Waals surface area contributed by atoms with Crippen molar-refractivity contribution >= 4 is 28.6 Å². The van der Waals surface area contributed by atoms with E-state index in [9.17, 15) is 4.79 Å². The number of carbonyl (C=O) groups excluding carboxylic acids is 1. The number of aromatic amines is 1. The van der Waals surface area contributed by atoms with Crippen LogP contribution >= 0.6 is 11.8 Å². The van der Waals surface area contributed by atoms with Crippen molar-refractivity contribution in [3.8, 4) is 11.4 Å². The molecule has 6 bridgehead atoms. The lowest BCUT2D eigenvalue weighted by Crippen LogP contribution is -2.26. The van der Waals surface area contributed by atoms with Gasteiger partial charge in [-0.1, -0.05) is 62.7 Å². The number of nitrogens with one attached hydrogen (secondary N) is 1. The van der Waals surface area contributed by atoms with Gasteiger partial charge in [-0.3, -0.25) is 9.48 Å². The second-order valence-electron chi connectivity index (χ2n) is 14.6. The Hall–Kier alpha value is -4.77. The predicted octanol–water partition coefficient (Wildman–Crippen LogP) is 9.29. The van der Waals surface area contributed by atoms with Gasteiger partial charge in [0.15, 0.2) is 11.6 Å². The van der Waals surface area contributed by atoms with Crippen molar-refractivity contribution < 1.29 is 18.3 Å². The lowest BCUT2D eigenvalue weighted by atomic mass is 9.75. The van der Waals surface area contributed by atoms with Gasteiger partial charge in [0, 0.05) is 41.7 Å². The number of hydrogen-bond acceptors (Lipinski definition) is 6. The van der Waals surface area contributed by atoms with Gasteiger partial charge in [0.25, 0.3) is 0 Å². The maximum absolute atomic E-state index is 16.0. The summed E-state index contributed by atoms with van der Waals surface area (Å²) in [5.41, 5.74) is 4.22. The van der Waals surface area contributed by atoms with Crippen LogP contribution in [0.15, 0.2) is 83.0 Å². The third-order valence-electron chi connectivity index (χ3n) is 10.5. The molecule has 1 unspecified atom stereocenters. The molecule has 1 aliphatic heterocycles. The summed E-state index contributed by atoms with van der Waals surface area (Å²) in [5.74, 6) is -0.0331. The van der Waals surface area contributed by atoms with Gasteiger partial charge in [-0.25, -0.2) is 18.4 Å². The molecule has 1 aliphatic rings. The fourth-order valence-corrected chi connectivity index (χ4v) is 8.29. The normalized spacial score (nSPS) is 17.6. The number of fused-ring (bicyclic) bond motifs is 10. The van der Waals surface area contributed by atoms with Gasteiger partial charge in [0.2, 0.25) is 0 Å². The molecular formula is C41H44F2N6O2S. The van der Waals surface area contributed by atoms with Crippen molar-refractivity contribution in [2.45, 2.75) is 93.4 Å². The minimum absolute atomic E-state index is 0.152. The van der Waals surface area contributed by atoms with E-state index in [2.05, 4.69) is 44.1 Å². The summed E-state index contributed by atoms with van der Waals surface area (Å²) in [4.78, 5) is 21.5. The molecule has 4 heterocycles. The SMILES string of the molecule is CCOC(=O)CCc1cccc(C2(C)CCCCC(C)(C)c3cnn(c3)Cc3c(c(F)cc4[nH]ccc34)Sc3ccc(F)c(c3)-c3nc2nn3C)c1. The van der Waals surface area contributed by atoms with E-state index in [0.29, 0.717) is 52.9 Å². The van der Waals surface area contributed by atoms with Crippen LogP contribution in [0.3, 0.4) is 0 Å². The third-order valence-corrected chi connectivity index (χ3v) is 11.6. The molecule has 7 rings (SSSR count). The van der Waals surface area contributed by atoms with E-state index in [1.54, 1.807) is 23.9 Å². The summed E-state index contributed by atoms with van der Waals surface area (Å²) in [6.45, 7) is 9.17. The number of halogens is 2. The van der Waals surface area contributed by atoms with Crippen LogP contribution in [0.2, 0.25) is 0 Å². The molecule has 0 fully saturated rings. The highest BCUT2D eigenvalue weighted by Crippen LogP contribution is 2.41. The minimum atomic E-state index is -0.610. The summed E-state index contributed by atoms with van der Waals surface area (Å²) in [5, 5.41) is 10.6. The second-order valence-corrected chi connectivity index (χ2v) is 15.7. The van der Waals surface area contributed by atoms with Crippen LogP contribution in [0.25, 0.3) is 22.3 Å². The van der Waals surface area contributed by atoms with E-state index in [-0.39, 0.29) is 22.8 Å². The fraction of sp³-hybridized carbons (Fsp3) is 0.366. The van der Waals surface area contributed by atoms with Crippen molar-refractivity contribution in [2.75, 3.05) is 6.61 Å². The molecule has 0 saturated carbocycles. The van der Waals surface area contributed by atoms with Crippen LogP contribution < -0.4 is 0 Å². The summed E-state index contributed by atoms with van der Waals surface area (Å²) in [6, 6.07) is 16.5. The van der Waals surface area contributed by atoms with Gasteiger partial charge >= 0.3 is 5.97 Å². The molecule has 270 valence electrons. The topological polar surface area (TPSA) is 90.6 Å². The number of ether oxygens (including phenoxy) is 1. The number of H-pyrrole nitrogens is 1. The van der Waals surface area contributed by atoms with Crippen molar-refractivity contribution in [2.24, 2.45) is 7.05 Å². The Morgan fingerprint density at radius 3 is 2.67 bits per heavy atom. The molecule has 0 saturated heterocycles. The molecule has 0 aliphatic carbocycles. The zero-order valence-corrected chi connectivity index (χ0v) is 31.1. The van der Waals surface area contributed by atoms with E-state index >= 15 is 8.78 Å². The Balaban J connectivity index is 1.34. The maximum atomic E-state index is 16.0. The van der Waals surface area contributed by atoms with Gasteiger partial charge in [-0.15, -0.1) is 0 Å². The van der Waals surface area contributed by atoms with Gasteiger partial charge in [-0.05, 0) is 91.1 Å². The highest BCUT2D eigenvalue weighted by Gasteiger charge is 2.35. The molecular weight excluding hydrogens is 679 g/mol. The van der Waals surface area contributed by atoms with Crippen molar-refractivity contribution in [1.29, 1.82) is 0 Å². The van der Waals surface area contributed by atoms with E-state index in [4.69, 9.17) is 19.9 Å². The number of hydrogen-bond donors (Lipinski definition) is 1. The quantitative estimate of drug-likeness (QED) is 0.179. The summed E-state index contributed by atoms with van der Waals surface area (Å²) in [7, 11) is 1.78. The van der Waals surface area contributed by atoms with E-state index in [1.807, 2.05) is 42.2 Å². The smallest absolute Gasteiger partial charge is 0.306 e. The Labute approximate surface area is 307 Å². The zero-order chi connectivity index (χ0) is 36.6. The van der Waals surface area contributed by atoms with Crippen LogP contribution in [-0.2, 0) is 40.4 Å². The number of esters is 1. The van der Waals surface area contributed by atoms with Crippen LogP contribution in [0, 0.1) is 11.6 Å². The zero-order valence-electron chi connectivity index (χ0n) is 30.3. The molecule has 11 heteroatoms. The van der Waals surface area contributed by atoms with Crippen LogP contribution in [0.1, 0.15) is 87.9 Å². The van der Waals surface area contributed by atoms with E-state index < -0.39 is 11.2 Å². The fourth-order valence-electron chi connectivity index (χ4n) is 7.29. The Morgan fingerprint density at radius 1 is 1.02 bits per heavy atom. The lowest BCUT2D eigenvalue weighted by Gasteiger charge is -2.29. The van der Waals surface area contributed by atoms with Crippen molar-refractivity contribution in [3.05, 3.63) is 113 Å². The molecule has 1 atom stereocenters. The minimum Gasteiger partial charge on any atom is -0.466 e. The number of rotatable bonds is 5. The average Bonchev–Trinajstić information content (AvgIpc) is 3.89.